The molecule has 2 aliphatic rings. The molecular formula is C16H26F2N4O. The van der Waals surface area contributed by atoms with Crippen LogP contribution in [0.2, 0.25) is 0 Å². The summed E-state index contributed by atoms with van der Waals surface area (Å²) in [6.07, 6.45) is 0.112. The van der Waals surface area contributed by atoms with Gasteiger partial charge in [0.1, 0.15) is 0 Å². The maximum Gasteiger partial charge on any atom is 0.251 e. The molecule has 1 fully saturated rings. The van der Waals surface area contributed by atoms with Gasteiger partial charge in [0.25, 0.3) is 6.43 Å². The van der Waals surface area contributed by atoms with Crippen LogP contribution in [0, 0.1) is 5.41 Å². The second-order valence-electron chi connectivity index (χ2n) is 6.38. The van der Waals surface area contributed by atoms with Crippen molar-refractivity contribution in [3.05, 3.63) is 11.3 Å². The zero-order valence-corrected chi connectivity index (χ0v) is 13.9. The third kappa shape index (κ3) is 4.99. The quantitative estimate of drug-likeness (QED) is 0.757. The summed E-state index contributed by atoms with van der Waals surface area (Å²) in [4.78, 5) is 15.1. The molecule has 0 unspecified atom stereocenters. The fourth-order valence-electron chi connectivity index (χ4n) is 3.24. The molecule has 0 atom stereocenters. The van der Waals surface area contributed by atoms with E-state index >= 15 is 0 Å². The Hall–Kier alpha value is -1.50. The average Bonchev–Trinajstić information content (AvgIpc) is 2.48. The summed E-state index contributed by atoms with van der Waals surface area (Å²) >= 11 is 0. The first-order chi connectivity index (χ1) is 10.9. The highest BCUT2D eigenvalue weighted by atomic mass is 19.3. The van der Waals surface area contributed by atoms with Crippen molar-refractivity contribution in [3.8, 4) is 0 Å². The molecule has 5 nitrogen and oxygen atoms in total. The first kappa shape index (κ1) is 17.8. The maximum atomic E-state index is 12.4. The van der Waals surface area contributed by atoms with Crippen molar-refractivity contribution in [2.45, 2.75) is 45.6 Å². The van der Waals surface area contributed by atoms with Gasteiger partial charge in [-0.05, 0) is 19.8 Å². The van der Waals surface area contributed by atoms with Gasteiger partial charge in [-0.15, -0.1) is 0 Å². The van der Waals surface area contributed by atoms with E-state index in [2.05, 4.69) is 5.32 Å². The topological polar surface area (TPSA) is 59.4 Å². The number of alkyl halides is 2. The van der Waals surface area contributed by atoms with E-state index in [0.29, 0.717) is 31.9 Å². The third-order valence-corrected chi connectivity index (χ3v) is 4.61. The smallest absolute Gasteiger partial charge is 0.251 e. The van der Waals surface area contributed by atoms with Crippen molar-refractivity contribution in [3.63, 3.8) is 0 Å². The summed E-state index contributed by atoms with van der Waals surface area (Å²) < 4.78 is 24.8. The first-order valence-corrected chi connectivity index (χ1v) is 8.17. The van der Waals surface area contributed by atoms with Gasteiger partial charge in [0.2, 0.25) is 5.91 Å². The Morgan fingerprint density at radius 3 is 2.48 bits per heavy atom. The lowest BCUT2D eigenvalue weighted by Crippen LogP contribution is -2.46. The standard InChI is InChI=1S/C16H26F2N4O/c1-11(19)14-9-22(12(2)23)8-5-15(14)20-13-3-6-21(7-4-13)10-16(17)18/h13,16,19-20H,3-10H2,1-2H3. The maximum absolute atomic E-state index is 12.4. The first-order valence-electron chi connectivity index (χ1n) is 8.17. The average molecular weight is 328 g/mol. The van der Waals surface area contributed by atoms with Gasteiger partial charge in [-0.25, -0.2) is 8.78 Å². The second-order valence-corrected chi connectivity index (χ2v) is 6.38. The fraction of sp³-hybridized carbons (Fsp3) is 0.750. The van der Waals surface area contributed by atoms with Crippen LogP contribution in [0.4, 0.5) is 8.78 Å². The van der Waals surface area contributed by atoms with Gasteiger partial charge in [0.15, 0.2) is 0 Å². The molecule has 1 saturated heterocycles. The molecule has 2 aliphatic heterocycles. The lowest BCUT2D eigenvalue weighted by atomic mass is 9.99. The second kappa shape index (κ2) is 7.86. The van der Waals surface area contributed by atoms with Crippen molar-refractivity contribution < 1.29 is 13.6 Å². The molecule has 2 rings (SSSR count). The Kier molecular flexibility index (Phi) is 6.10. The lowest BCUT2D eigenvalue weighted by Gasteiger charge is -2.36. The molecular weight excluding hydrogens is 302 g/mol. The summed E-state index contributed by atoms with van der Waals surface area (Å²) in [6, 6.07) is 0.261. The highest BCUT2D eigenvalue weighted by Gasteiger charge is 2.26. The minimum atomic E-state index is -2.27. The summed E-state index contributed by atoms with van der Waals surface area (Å²) in [7, 11) is 0. The largest absolute Gasteiger partial charge is 0.385 e. The molecule has 0 aromatic heterocycles. The molecule has 2 heterocycles. The molecule has 23 heavy (non-hydrogen) atoms. The van der Waals surface area contributed by atoms with Gasteiger partial charge < -0.3 is 15.6 Å². The number of hydrogen-bond donors (Lipinski definition) is 2. The molecule has 0 bridgehead atoms. The highest BCUT2D eigenvalue weighted by Crippen LogP contribution is 2.20. The minimum absolute atomic E-state index is 0.0307. The van der Waals surface area contributed by atoms with Gasteiger partial charge in [0, 0.05) is 62.5 Å². The Bertz CT molecular complexity index is 484. The van der Waals surface area contributed by atoms with Gasteiger partial charge in [0.05, 0.1) is 6.54 Å². The van der Waals surface area contributed by atoms with Crippen molar-refractivity contribution in [1.29, 1.82) is 5.41 Å². The number of carbonyl (C=O) groups is 1. The zero-order valence-electron chi connectivity index (χ0n) is 13.9. The van der Waals surface area contributed by atoms with Gasteiger partial charge in [-0.3, -0.25) is 9.69 Å². The highest BCUT2D eigenvalue weighted by molar-refractivity contribution is 5.97. The Labute approximate surface area is 136 Å². The van der Waals surface area contributed by atoms with Crippen LogP contribution in [0.5, 0.6) is 0 Å². The number of amides is 1. The summed E-state index contributed by atoms with van der Waals surface area (Å²) in [5, 5.41) is 11.5. The monoisotopic (exact) mass is 328 g/mol. The molecule has 0 aromatic rings. The van der Waals surface area contributed by atoms with Crippen molar-refractivity contribution in [2.24, 2.45) is 0 Å². The SMILES string of the molecule is CC(=N)C1=C(NC2CCN(CC(F)F)CC2)CCN(C(C)=O)C1. The van der Waals surface area contributed by atoms with Crippen LogP contribution in [0.25, 0.3) is 0 Å². The zero-order chi connectivity index (χ0) is 17.0. The molecule has 0 aromatic carbocycles. The number of carbonyl (C=O) groups excluding carboxylic acids is 1. The molecule has 7 heteroatoms. The normalized spacial score (nSPS) is 21.0. The Balaban J connectivity index is 1.94. The summed E-state index contributed by atoms with van der Waals surface area (Å²) in [6.45, 7) is 5.64. The van der Waals surface area contributed by atoms with E-state index in [9.17, 15) is 13.6 Å². The van der Waals surface area contributed by atoms with E-state index in [-0.39, 0.29) is 18.5 Å². The van der Waals surface area contributed by atoms with Crippen LogP contribution in [-0.2, 0) is 4.79 Å². The number of piperidine rings is 1. The number of halogens is 2. The van der Waals surface area contributed by atoms with E-state index in [1.54, 1.807) is 23.6 Å². The van der Waals surface area contributed by atoms with Crippen LogP contribution < -0.4 is 5.32 Å². The third-order valence-electron chi connectivity index (χ3n) is 4.61. The molecule has 0 saturated carbocycles. The van der Waals surface area contributed by atoms with Crippen molar-refractivity contribution >= 4 is 11.6 Å². The van der Waals surface area contributed by atoms with E-state index in [0.717, 1.165) is 30.5 Å². The summed E-state index contributed by atoms with van der Waals surface area (Å²) in [5.41, 5.74) is 2.41. The van der Waals surface area contributed by atoms with Crippen LogP contribution in [0.3, 0.4) is 0 Å². The minimum Gasteiger partial charge on any atom is -0.385 e. The molecule has 0 spiro atoms. The lowest BCUT2D eigenvalue weighted by molar-refractivity contribution is -0.128. The van der Waals surface area contributed by atoms with Crippen LogP contribution in [0.1, 0.15) is 33.1 Å². The predicted octanol–water partition coefficient (Wildman–Crippen LogP) is 1.85. The Morgan fingerprint density at radius 2 is 1.96 bits per heavy atom. The molecule has 0 aliphatic carbocycles. The number of hydrogen-bond acceptors (Lipinski definition) is 4. The van der Waals surface area contributed by atoms with Gasteiger partial charge >= 0.3 is 0 Å². The Morgan fingerprint density at radius 1 is 1.30 bits per heavy atom. The molecule has 130 valence electrons. The number of likely N-dealkylation sites (tertiary alicyclic amines) is 1. The van der Waals surface area contributed by atoms with E-state index in [4.69, 9.17) is 5.41 Å². The number of nitrogens with one attached hydrogen (secondary N) is 2. The fourth-order valence-corrected chi connectivity index (χ4v) is 3.24. The van der Waals surface area contributed by atoms with Crippen LogP contribution >= 0.6 is 0 Å². The van der Waals surface area contributed by atoms with Gasteiger partial charge in [-0.1, -0.05) is 0 Å². The molecule has 2 N–H and O–H groups in total. The predicted molar refractivity (Wildman–Crippen MR) is 85.9 cm³/mol. The van der Waals surface area contributed by atoms with Crippen LogP contribution in [0.15, 0.2) is 11.3 Å². The van der Waals surface area contributed by atoms with Crippen molar-refractivity contribution in [1.82, 2.24) is 15.1 Å². The van der Waals surface area contributed by atoms with Gasteiger partial charge in [-0.2, -0.15) is 0 Å². The molecule has 1 amide bonds. The van der Waals surface area contributed by atoms with E-state index < -0.39 is 6.43 Å². The van der Waals surface area contributed by atoms with E-state index in [1.807, 2.05) is 0 Å². The number of nitrogens with zero attached hydrogens (tertiary/aromatic N) is 2. The van der Waals surface area contributed by atoms with E-state index in [1.165, 1.54) is 0 Å². The molecule has 0 radical (unpaired) electrons. The summed E-state index contributed by atoms with van der Waals surface area (Å²) in [5.74, 6) is 0.0307. The number of rotatable bonds is 5. The van der Waals surface area contributed by atoms with Crippen molar-refractivity contribution in [2.75, 3.05) is 32.7 Å². The van der Waals surface area contributed by atoms with Crippen LogP contribution in [-0.4, -0.2) is 66.6 Å².